The van der Waals surface area contributed by atoms with E-state index in [4.69, 9.17) is 0 Å². The van der Waals surface area contributed by atoms with E-state index in [1.807, 2.05) is 26.0 Å². The maximum atomic E-state index is 12.4. The van der Waals surface area contributed by atoms with Crippen molar-refractivity contribution in [3.63, 3.8) is 0 Å². The van der Waals surface area contributed by atoms with Crippen LogP contribution in [-0.2, 0) is 9.59 Å². The molecule has 4 heteroatoms. The van der Waals surface area contributed by atoms with E-state index >= 15 is 0 Å². The van der Waals surface area contributed by atoms with Gasteiger partial charge in [-0.15, -0.1) is 6.58 Å². The van der Waals surface area contributed by atoms with Gasteiger partial charge in [0.15, 0.2) is 0 Å². The minimum atomic E-state index is -0.578. The van der Waals surface area contributed by atoms with E-state index in [1.165, 1.54) is 6.92 Å². The van der Waals surface area contributed by atoms with Crippen LogP contribution in [0.15, 0.2) is 24.8 Å². The normalized spacial score (nSPS) is 17.3. The van der Waals surface area contributed by atoms with Crippen LogP contribution in [0.1, 0.15) is 29.7 Å². The van der Waals surface area contributed by atoms with Crippen LogP contribution in [0.25, 0.3) is 0 Å². The molecule has 1 aromatic rings. The minimum absolute atomic E-state index is 0.0983. The fourth-order valence-electron chi connectivity index (χ4n) is 2.63. The number of amides is 2. The minimum Gasteiger partial charge on any atom is -0.341 e. The van der Waals surface area contributed by atoms with E-state index in [9.17, 15) is 9.59 Å². The molecule has 1 aromatic carbocycles. The van der Waals surface area contributed by atoms with Crippen LogP contribution in [0.5, 0.6) is 0 Å². The third-order valence-corrected chi connectivity index (χ3v) is 3.23. The van der Waals surface area contributed by atoms with Crippen molar-refractivity contribution in [2.24, 2.45) is 0 Å². The summed E-state index contributed by atoms with van der Waals surface area (Å²) in [6.45, 7) is 9.52. The smallest absolute Gasteiger partial charge is 0.254 e. The summed E-state index contributed by atoms with van der Waals surface area (Å²) in [5.74, 6) is -0.303. The molecule has 1 unspecified atom stereocenters. The second kappa shape index (κ2) is 4.88. The molecule has 100 valence electrons. The van der Waals surface area contributed by atoms with Gasteiger partial charge in [-0.3, -0.25) is 9.59 Å². The summed E-state index contributed by atoms with van der Waals surface area (Å²) in [4.78, 5) is 25.4. The van der Waals surface area contributed by atoms with Crippen molar-refractivity contribution in [1.29, 1.82) is 0 Å². The number of aryl methyl sites for hydroxylation is 2. The molecule has 1 heterocycles. The summed E-state index contributed by atoms with van der Waals surface area (Å²) in [5, 5.41) is 2.73. The molecule has 0 spiro atoms. The molecule has 2 amide bonds. The number of anilines is 1. The summed E-state index contributed by atoms with van der Waals surface area (Å²) >= 11 is 0. The average molecular weight is 258 g/mol. The first kappa shape index (κ1) is 13.3. The Hall–Kier alpha value is -2.10. The standard InChI is InChI=1S/C15H18N2O2/c1-5-6-17-14-10(3)7-9(2)8-12(14)13(15(17)19)16-11(4)18/h5,7-8,13H,1,6H2,2-4H3,(H,16,18). The third kappa shape index (κ3) is 2.26. The Bertz CT molecular complexity index is 564. The topological polar surface area (TPSA) is 49.4 Å². The summed E-state index contributed by atoms with van der Waals surface area (Å²) in [7, 11) is 0. The van der Waals surface area contributed by atoms with Gasteiger partial charge in [-0.1, -0.05) is 23.8 Å². The van der Waals surface area contributed by atoms with E-state index in [0.717, 1.165) is 22.4 Å². The zero-order valence-corrected chi connectivity index (χ0v) is 11.5. The van der Waals surface area contributed by atoms with Crippen molar-refractivity contribution in [3.8, 4) is 0 Å². The van der Waals surface area contributed by atoms with Gasteiger partial charge >= 0.3 is 0 Å². The van der Waals surface area contributed by atoms with Gasteiger partial charge in [0.2, 0.25) is 5.91 Å². The Kier molecular flexibility index (Phi) is 3.42. The fourth-order valence-corrected chi connectivity index (χ4v) is 2.63. The van der Waals surface area contributed by atoms with Crippen LogP contribution < -0.4 is 10.2 Å². The highest BCUT2D eigenvalue weighted by Crippen LogP contribution is 2.39. The van der Waals surface area contributed by atoms with Gasteiger partial charge in [-0.25, -0.2) is 0 Å². The zero-order valence-electron chi connectivity index (χ0n) is 11.5. The molecule has 1 aliphatic heterocycles. The lowest BCUT2D eigenvalue weighted by molar-refractivity contribution is -0.126. The van der Waals surface area contributed by atoms with Crippen LogP contribution in [0, 0.1) is 13.8 Å². The van der Waals surface area contributed by atoms with Gasteiger partial charge < -0.3 is 10.2 Å². The quantitative estimate of drug-likeness (QED) is 0.843. The highest BCUT2D eigenvalue weighted by atomic mass is 16.2. The third-order valence-electron chi connectivity index (χ3n) is 3.23. The number of fused-ring (bicyclic) bond motifs is 1. The number of nitrogens with one attached hydrogen (secondary N) is 1. The Labute approximate surface area is 113 Å². The maximum Gasteiger partial charge on any atom is 0.254 e. The molecule has 0 aromatic heterocycles. The molecule has 0 radical (unpaired) electrons. The molecule has 0 aliphatic carbocycles. The summed E-state index contributed by atoms with van der Waals surface area (Å²) in [6.07, 6.45) is 1.69. The SMILES string of the molecule is C=CCN1C(=O)C(NC(C)=O)c2cc(C)cc(C)c21. The lowest BCUT2D eigenvalue weighted by atomic mass is 10.0. The number of rotatable bonds is 3. The van der Waals surface area contributed by atoms with E-state index in [2.05, 4.69) is 11.9 Å². The molecule has 1 aliphatic rings. The highest BCUT2D eigenvalue weighted by Gasteiger charge is 2.38. The molecule has 4 nitrogen and oxygen atoms in total. The highest BCUT2D eigenvalue weighted by molar-refractivity contribution is 6.07. The molecule has 1 N–H and O–H groups in total. The van der Waals surface area contributed by atoms with E-state index in [0.29, 0.717) is 6.54 Å². The molecular formula is C15H18N2O2. The van der Waals surface area contributed by atoms with Crippen LogP contribution in [0.3, 0.4) is 0 Å². The van der Waals surface area contributed by atoms with Gasteiger partial charge in [0.05, 0.1) is 5.69 Å². The van der Waals surface area contributed by atoms with E-state index in [1.54, 1.807) is 11.0 Å². The summed E-state index contributed by atoms with van der Waals surface area (Å²) < 4.78 is 0. The van der Waals surface area contributed by atoms with E-state index < -0.39 is 6.04 Å². The summed E-state index contributed by atoms with van der Waals surface area (Å²) in [5.41, 5.74) is 3.90. The van der Waals surface area contributed by atoms with Crippen molar-refractivity contribution in [1.82, 2.24) is 5.32 Å². The molecule has 19 heavy (non-hydrogen) atoms. The average Bonchev–Trinajstić information content (AvgIpc) is 2.55. The molecular weight excluding hydrogens is 240 g/mol. The van der Waals surface area contributed by atoms with Gasteiger partial charge in [0.1, 0.15) is 6.04 Å². The van der Waals surface area contributed by atoms with Crippen LogP contribution >= 0.6 is 0 Å². The Balaban J connectivity index is 2.56. The van der Waals surface area contributed by atoms with Crippen molar-refractivity contribution < 1.29 is 9.59 Å². The number of benzene rings is 1. The number of nitrogens with zero attached hydrogens (tertiary/aromatic N) is 1. The molecule has 0 saturated carbocycles. The first-order chi connectivity index (χ1) is 8.95. The second-order valence-electron chi connectivity index (χ2n) is 4.89. The molecule has 2 rings (SSSR count). The maximum absolute atomic E-state index is 12.4. The first-order valence-corrected chi connectivity index (χ1v) is 6.26. The van der Waals surface area contributed by atoms with Crippen molar-refractivity contribution in [2.45, 2.75) is 26.8 Å². The number of carbonyl (C=O) groups excluding carboxylic acids is 2. The lowest BCUT2D eigenvalue weighted by Gasteiger charge is -2.17. The van der Waals surface area contributed by atoms with Crippen LogP contribution in [0.4, 0.5) is 5.69 Å². The van der Waals surface area contributed by atoms with Crippen molar-refractivity contribution in [2.75, 3.05) is 11.4 Å². The Morgan fingerprint density at radius 2 is 2.16 bits per heavy atom. The number of carbonyl (C=O) groups is 2. The van der Waals surface area contributed by atoms with Crippen molar-refractivity contribution in [3.05, 3.63) is 41.5 Å². The predicted molar refractivity (Wildman–Crippen MR) is 75.0 cm³/mol. The molecule has 0 saturated heterocycles. The monoisotopic (exact) mass is 258 g/mol. The molecule has 1 atom stereocenters. The van der Waals surface area contributed by atoms with Gasteiger partial charge in [-0.05, 0) is 19.4 Å². The van der Waals surface area contributed by atoms with Gasteiger partial charge in [0.25, 0.3) is 5.91 Å². The zero-order chi connectivity index (χ0) is 14.2. The first-order valence-electron chi connectivity index (χ1n) is 6.26. The number of hydrogen-bond donors (Lipinski definition) is 1. The Morgan fingerprint density at radius 1 is 1.47 bits per heavy atom. The number of hydrogen-bond acceptors (Lipinski definition) is 2. The lowest BCUT2D eigenvalue weighted by Crippen LogP contribution is -2.36. The Morgan fingerprint density at radius 3 is 2.74 bits per heavy atom. The fraction of sp³-hybridized carbons (Fsp3) is 0.333. The van der Waals surface area contributed by atoms with Crippen molar-refractivity contribution >= 4 is 17.5 Å². The van der Waals surface area contributed by atoms with Gasteiger partial charge in [-0.2, -0.15) is 0 Å². The summed E-state index contributed by atoms with van der Waals surface area (Å²) in [6, 6.07) is 3.42. The second-order valence-corrected chi connectivity index (χ2v) is 4.89. The molecule has 0 bridgehead atoms. The largest absolute Gasteiger partial charge is 0.341 e. The predicted octanol–water partition coefficient (Wildman–Crippen LogP) is 2.01. The van der Waals surface area contributed by atoms with E-state index in [-0.39, 0.29) is 11.8 Å². The van der Waals surface area contributed by atoms with Crippen LogP contribution in [0.2, 0.25) is 0 Å². The van der Waals surface area contributed by atoms with Gasteiger partial charge in [0, 0.05) is 19.0 Å². The van der Waals surface area contributed by atoms with Crippen LogP contribution in [-0.4, -0.2) is 18.4 Å². The molecule has 0 fully saturated rings.